The first-order chi connectivity index (χ1) is 5.70. The molecule has 12 heavy (non-hydrogen) atoms. The summed E-state index contributed by atoms with van der Waals surface area (Å²) >= 11 is 0. The molecule has 0 bridgehead atoms. The molecule has 4 heteroatoms. The second-order valence-corrected chi connectivity index (χ2v) is 2.67. The fourth-order valence-corrected chi connectivity index (χ4v) is 0.810. The van der Waals surface area contributed by atoms with E-state index < -0.39 is 0 Å². The van der Waals surface area contributed by atoms with Crippen LogP contribution in [-0.2, 0) is 11.2 Å². The number of carbonyl (C=O) groups excluding carboxylic acids is 1. The van der Waals surface area contributed by atoms with Gasteiger partial charge in [0.15, 0.2) is 0 Å². The summed E-state index contributed by atoms with van der Waals surface area (Å²) in [6.07, 6.45) is 3.81. The maximum atomic E-state index is 10.7. The van der Waals surface area contributed by atoms with Gasteiger partial charge in [-0.15, -0.1) is 0 Å². The highest BCUT2D eigenvalue weighted by Gasteiger charge is 2.10. The summed E-state index contributed by atoms with van der Waals surface area (Å²) in [7, 11) is 0. The average molecular weight is 165 g/mol. The third-order valence-corrected chi connectivity index (χ3v) is 1.59. The van der Waals surface area contributed by atoms with E-state index in [2.05, 4.69) is 9.97 Å². The van der Waals surface area contributed by atoms with Gasteiger partial charge in [-0.25, -0.2) is 9.97 Å². The zero-order chi connectivity index (χ0) is 8.97. The molecule has 1 unspecified atom stereocenters. The van der Waals surface area contributed by atoms with Crippen LogP contribution >= 0.6 is 0 Å². The first kappa shape index (κ1) is 8.64. The Morgan fingerprint density at radius 2 is 2.17 bits per heavy atom. The molecule has 1 aromatic rings. The predicted octanol–water partition coefficient (Wildman–Crippen LogP) is 0.140. The van der Waals surface area contributed by atoms with Crippen LogP contribution in [0.5, 0.6) is 0 Å². The van der Waals surface area contributed by atoms with Crippen molar-refractivity contribution in [3.8, 4) is 0 Å². The van der Waals surface area contributed by atoms with E-state index in [-0.39, 0.29) is 11.8 Å². The van der Waals surface area contributed by atoms with E-state index in [0.29, 0.717) is 12.2 Å². The minimum Gasteiger partial charge on any atom is -0.369 e. The van der Waals surface area contributed by atoms with Gasteiger partial charge < -0.3 is 5.73 Å². The molecule has 0 aliphatic heterocycles. The van der Waals surface area contributed by atoms with E-state index in [1.54, 1.807) is 25.4 Å². The third kappa shape index (κ3) is 2.30. The number of nitrogens with zero attached hydrogens (tertiary/aromatic N) is 2. The van der Waals surface area contributed by atoms with Gasteiger partial charge in [-0.1, -0.05) is 6.92 Å². The van der Waals surface area contributed by atoms with Crippen molar-refractivity contribution < 1.29 is 4.79 Å². The topological polar surface area (TPSA) is 68.9 Å². The first-order valence-electron chi connectivity index (χ1n) is 3.75. The number of rotatable bonds is 3. The van der Waals surface area contributed by atoms with Crippen LogP contribution in [0.4, 0.5) is 0 Å². The molecule has 0 saturated heterocycles. The normalized spacial score (nSPS) is 12.4. The van der Waals surface area contributed by atoms with Gasteiger partial charge in [0.05, 0.1) is 0 Å². The molecule has 1 aromatic heterocycles. The second kappa shape index (κ2) is 3.80. The van der Waals surface area contributed by atoms with Gasteiger partial charge >= 0.3 is 0 Å². The summed E-state index contributed by atoms with van der Waals surface area (Å²) in [6.45, 7) is 1.76. The van der Waals surface area contributed by atoms with E-state index in [1.165, 1.54) is 0 Å². The van der Waals surface area contributed by atoms with Crippen LogP contribution in [0.3, 0.4) is 0 Å². The highest BCUT2D eigenvalue weighted by molar-refractivity contribution is 5.76. The van der Waals surface area contributed by atoms with Crippen LogP contribution in [0.15, 0.2) is 18.5 Å². The van der Waals surface area contributed by atoms with E-state index >= 15 is 0 Å². The maximum Gasteiger partial charge on any atom is 0.220 e. The molecule has 0 radical (unpaired) electrons. The minimum atomic E-state index is -0.317. The molecule has 0 aliphatic rings. The molecule has 0 fully saturated rings. The van der Waals surface area contributed by atoms with Crippen LogP contribution in [0, 0.1) is 5.92 Å². The number of hydrogen-bond acceptors (Lipinski definition) is 3. The standard InChI is InChI=1S/C8H11N3O/c1-6(8(9)12)5-7-10-3-2-4-11-7/h2-4,6H,5H2,1H3,(H2,9,12). The highest BCUT2D eigenvalue weighted by atomic mass is 16.1. The van der Waals surface area contributed by atoms with Crippen LogP contribution in [0.25, 0.3) is 0 Å². The van der Waals surface area contributed by atoms with E-state index in [9.17, 15) is 4.79 Å². The Bertz CT molecular complexity index is 260. The van der Waals surface area contributed by atoms with Crippen molar-refractivity contribution in [2.45, 2.75) is 13.3 Å². The van der Waals surface area contributed by atoms with Gasteiger partial charge in [0, 0.05) is 24.7 Å². The molecule has 1 amide bonds. The van der Waals surface area contributed by atoms with Crippen LogP contribution in [0.1, 0.15) is 12.7 Å². The summed E-state index contributed by atoms with van der Waals surface area (Å²) in [5.41, 5.74) is 5.09. The smallest absolute Gasteiger partial charge is 0.220 e. The summed E-state index contributed by atoms with van der Waals surface area (Å²) < 4.78 is 0. The van der Waals surface area contributed by atoms with Crippen molar-refractivity contribution in [1.82, 2.24) is 9.97 Å². The van der Waals surface area contributed by atoms with Crippen molar-refractivity contribution in [2.24, 2.45) is 11.7 Å². The van der Waals surface area contributed by atoms with Crippen LogP contribution in [-0.4, -0.2) is 15.9 Å². The first-order valence-corrected chi connectivity index (χ1v) is 3.75. The highest BCUT2D eigenvalue weighted by Crippen LogP contribution is 2.01. The fourth-order valence-electron chi connectivity index (χ4n) is 0.810. The number of carbonyl (C=O) groups is 1. The molecule has 1 atom stereocenters. The number of hydrogen-bond donors (Lipinski definition) is 1. The third-order valence-electron chi connectivity index (χ3n) is 1.59. The Labute approximate surface area is 70.8 Å². The lowest BCUT2D eigenvalue weighted by Gasteiger charge is -2.03. The summed E-state index contributed by atoms with van der Waals surface area (Å²) in [4.78, 5) is 18.6. The van der Waals surface area contributed by atoms with Crippen molar-refractivity contribution in [1.29, 1.82) is 0 Å². The Hall–Kier alpha value is -1.45. The number of nitrogens with two attached hydrogens (primary N) is 1. The Kier molecular flexibility index (Phi) is 2.74. The number of amides is 1. The zero-order valence-electron chi connectivity index (χ0n) is 6.90. The second-order valence-electron chi connectivity index (χ2n) is 2.67. The Morgan fingerprint density at radius 3 is 2.67 bits per heavy atom. The van der Waals surface area contributed by atoms with Gasteiger partial charge in [-0.05, 0) is 6.07 Å². The lowest BCUT2D eigenvalue weighted by atomic mass is 10.1. The quantitative estimate of drug-likeness (QED) is 0.692. The molecule has 0 saturated carbocycles. The molecule has 0 aliphatic carbocycles. The van der Waals surface area contributed by atoms with Crippen molar-refractivity contribution >= 4 is 5.91 Å². The molecule has 0 spiro atoms. The molecule has 64 valence electrons. The van der Waals surface area contributed by atoms with Crippen molar-refractivity contribution in [3.63, 3.8) is 0 Å². The van der Waals surface area contributed by atoms with Crippen LogP contribution < -0.4 is 5.73 Å². The number of aromatic nitrogens is 2. The van der Waals surface area contributed by atoms with E-state index in [0.717, 1.165) is 0 Å². The molecular weight excluding hydrogens is 154 g/mol. The summed E-state index contributed by atoms with van der Waals surface area (Å²) in [5.74, 6) is 0.138. The lowest BCUT2D eigenvalue weighted by molar-refractivity contribution is -0.121. The largest absolute Gasteiger partial charge is 0.369 e. The van der Waals surface area contributed by atoms with E-state index in [4.69, 9.17) is 5.73 Å². The van der Waals surface area contributed by atoms with Gasteiger partial charge in [-0.3, -0.25) is 4.79 Å². The van der Waals surface area contributed by atoms with Gasteiger partial charge in [0.25, 0.3) is 0 Å². The molecule has 4 nitrogen and oxygen atoms in total. The van der Waals surface area contributed by atoms with Crippen LogP contribution in [0.2, 0.25) is 0 Å². The minimum absolute atomic E-state index is 0.201. The molecular formula is C8H11N3O. The van der Waals surface area contributed by atoms with Gasteiger partial charge in [-0.2, -0.15) is 0 Å². The Morgan fingerprint density at radius 1 is 1.58 bits per heavy atom. The average Bonchev–Trinajstić information content (AvgIpc) is 2.06. The molecule has 1 heterocycles. The number of primary amides is 1. The summed E-state index contributed by atoms with van der Waals surface area (Å²) in [5, 5.41) is 0. The SMILES string of the molecule is CC(Cc1ncccn1)C(N)=O. The fraction of sp³-hybridized carbons (Fsp3) is 0.375. The van der Waals surface area contributed by atoms with E-state index in [1.807, 2.05) is 0 Å². The monoisotopic (exact) mass is 165 g/mol. The molecule has 1 rings (SSSR count). The molecule has 0 aromatic carbocycles. The molecule has 2 N–H and O–H groups in total. The zero-order valence-corrected chi connectivity index (χ0v) is 6.90. The van der Waals surface area contributed by atoms with Crippen molar-refractivity contribution in [2.75, 3.05) is 0 Å². The lowest BCUT2D eigenvalue weighted by Crippen LogP contribution is -2.22. The maximum absolute atomic E-state index is 10.7. The van der Waals surface area contributed by atoms with Crippen molar-refractivity contribution in [3.05, 3.63) is 24.3 Å². The van der Waals surface area contributed by atoms with Gasteiger partial charge in [0.1, 0.15) is 5.82 Å². The summed E-state index contributed by atoms with van der Waals surface area (Å²) in [6, 6.07) is 1.73. The Balaban J connectivity index is 2.58. The predicted molar refractivity (Wildman–Crippen MR) is 44.1 cm³/mol. The van der Waals surface area contributed by atoms with Gasteiger partial charge in [0.2, 0.25) is 5.91 Å².